The summed E-state index contributed by atoms with van der Waals surface area (Å²) < 4.78 is 22.2. The van der Waals surface area contributed by atoms with Gasteiger partial charge in [-0.15, -0.1) is 0 Å². The zero-order valence-corrected chi connectivity index (χ0v) is 53.3. The number of nitrogens with zero attached hydrogens (tertiary/aromatic N) is 8. The molecule has 0 amide bonds. The maximum atomic E-state index is 13.1. The topological polar surface area (TPSA) is 151 Å². The molecule has 3 unspecified atom stereocenters. The van der Waals surface area contributed by atoms with Gasteiger partial charge >= 0.3 is 17.9 Å². The number of halogens is 7. The van der Waals surface area contributed by atoms with Crippen molar-refractivity contribution in [1.82, 2.24) is 29.3 Å². The molecule has 9 rings (SSSR count). The molecule has 0 saturated carbocycles. The van der Waals surface area contributed by atoms with Gasteiger partial charge in [-0.1, -0.05) is 129 Å². The highest BCUT2D eigenvalue weighted by Gasteiger charge is 2.41. The van der Waals surface area contributed by atoms with Gasteiger partial charge in [-0.2, -0.15) is 15.3 Å². The number of nitrogens with one attached hydrogen (secondary N) is 1. The molecule has 3 aliphatic heterocycles. The molecule has 3 aromatic heterocycles. The average Bonchev–Trinajstić information content (AvgIpc) is 4.23. The monoisotopic (exact) mass is 1310 g/mol. The molecule has 0 bridgehead atoms. The van der Waals surface area contributed by atoms with E-state index in [1.165, 1.54) is 0 Å². The molecule has 6 heterocycles. The lowest BCUT2D eigenvalue weighted by Crippen LogP contribution is -2.36. The highest BCUT2D eigenvalue weighted by molar-refractivity contribution is 14.1. The van der Waals surface area contributed by atoms with E-state index in [-0.39, 0.29) is 0 Å². The number of ether oxygens (including phenoxy) is 3. The second-order valence-electron chi connectivity index (χ2n) is 21.4. The van der Waals surface area contributed by atoms with Crippen molar-refractivity contribution in [2.24, 2.45) is 0 Å². The lowest BCUT2D eigenvalue weighted by Gasteiger charge is -2.35. The van der Waals surface area contributed by atoms with E-state index in [9.17, 15) is 14.4 Å². The van der Waals surface area contributed by atoms with Crippen molar-refractivity contribution in [3.63, 3.8) is 0 Å². The van der Waals surface area contributed by atoms with Gasteiger partial charge in [0.15, 0.2) is 0 Å². The third-order valence-electron chi connectivity index (χ3n) is 12.4. The van der Waals surface area contributed by atoms with Gasteiger partial charge in [0.1, 0.15) is 52.4 Å². The second kappa shape index (κ2) is 25.3. The van der Waals surface area contributed by atoms with Crippen LogP contribution in [0.5, 0.6) is 0 Å². The zero-order valence-electron chi connectivity index (χ0n) is 46.6. The number of fused-ring (bicyclic) bond motifs is 3. The van der Waals surface area contributed by atoms with E-state index in [4.69, 9.17) is 83.8 Å². The van der Waals surface area contributed by atoms with Crippen LogP contribution in [0.3, 0.4) is 0 Å². The van der Waals surface area contributed by atoms with E-state index in [1.807, 2.05) is 160 Å². The minimum absolute atomic E-state index is 0.395. The first kappa shape index (κ1) is 63.0. The Morgan fingerprint density at radius 2 is 0.785 bits per heavy atom. The summed E-state index contributed by atoms with van der Waals surface area (Å²) in [5, 5.41) is 18.9. The summed E-state index contributed by atoms with van der Waals surface area (Å²) in [4.78, 5) is 44.8. The average molecular weight is 1310 g/mol. The van der Waals surface area contributed by atoms with E-state index in [2.05, 4.69) is 43.2 Å². The van der Waals surface area contributed by atoms with Crippen molar-refractivity contribution >= 4 is 128 Å². The number of hydrogen-bond acceptors (Lipinski definition) is 12. The Balaban J connectivity index is 0.000000188. The van der Waals surface area contributed by atoms with Gasteiger partial charge in [0.2, 0.25) is 0 Å². The Labute approximate surface area is 505 Å². The molecular formula is C57H64Cl6IN9O6. The first-order valence-electron chi connectivity index (χ1n) is 24.8. The quantitative estimate of drug-likeness (QED) is 0.0731. The van der Waals surface area contributed by atoms with Crippen molar-refractivity contribution in [2.45, 2.75) is 118 Å². The van der Waals surface area contributed by atoms with Crippen LogP contribution in [0.1, 0.15) is 118 Å². The van der Waals surface area contributed by atoms with Crippen molar-refractivity contribution in [1.29, 1.82) is 0 Å². The summed E-state index contributed by atoms with van der Waals surface area (Å²) in [6.45, 7) is 22.2. The lowest BCUT2D eigenvalue weighted by atomic mass is 9.94. The van der Waals surface area contributed by atoms with Crippen LogP contribution in [0.25, 0.3) is 0 Å². The fourth-order valence-corrected chi connectivity index (χ4v) is 10.2. The molecular weight excluding hydrogens is 1250 g/mol. The highest BCUT2D eigenvalue weighted by atomic mass is 127. The highest BCUT2D eigenvalue weighted by Crippen LogP contribution is 2.46. The summed E-state index contributed by atoms with van der Waals surface area (Å²) in [5.74, 6) is 1.27. The molecule has 3 atom stereocenters. The van der Waals surface area contributed by atoms with Crippen LogP contribution in [0.2, 0.25) is 30.1 Å². The van der Waals surface area contributed by atoms with Crippen LogP contribution < -0.4 is 15.1 Å². The predicted molar refractivity (Wildman–Crippen MR) is 326 cm³/mol. The lowest BCUT2D eigenvalue weighted by molar-refractivity contribution is -0.151. The Hall–Kier alpha value is -5.21. The maximum absolute atomic E-state index is 13.1. The Morgan fingerprint density at radius 1 is 0.481 bits per heavy atom. The normalized spacial score (nSPS) is 16.9. The number of alkyl halides is 1. The summed E-state index contributed by atoms with van der Waals surface area (Å²) in [7, 11) is 3.78. The van der Waals surface area contributed by atoms with Crippen LogP contribution in [0.4, 0.5) is 17.5 Å². The van der Waals surface area contributed by atoms with E-state index in [1.54, 1.807) is 56.9 Å². The first-order valence-corrected chi connectivity index (χ1v) is 29.2. The fourth-order valence-electron chi connectivity index (χ4n) is 8.93. The van der Waals surface area contributed by atoms with E-state index in [0.717, 1.165) is 28.8 Å². The Kier molecular flexibility index (Phi) is 20.2. The van der Waals surface area contributed by atoms with E-state index >= 15 is 0 Å². The third-order valence-corrected chi connectivity index (χ3v) is 14.9. The molecule has 0 saturated heterocycles. The van der Waals surface area contributed by atoms with Crippen LogP contribution in [-0.4, -0.2) is 83.1 Å². The van der Waals surface area contributed by atoms with Crippen LogP contribution in [0.15, 0.2) is 125 Å². The molecule has 3 aliphatic rings. The summed E-state index contributed by atoms with van der Waals surface area (Å²) in [6, 6.07) is 20.2. The number of anilines is 3. The molecule has 15 nitrogen and oxygen atoms in total. The standard InChI is InChI=1S/2C19H21Cl2N3O2.C18H19Cl2N3O2.CH3I/c2*1-11-15(18(25)26-19(2,3)4)17(12-7-6-8-13(20)16(12)21)24-14(23(11)5)9-10-22-24;1-10-14(17(24)25-18(2,3)4)16(23-13(22-10)8-9-21-23)11-6-5-7-12(19)15(11)20;1-2/h2*6-10,17H,1-5H3;5-9,16,22H,1-4H3;1H3. The number of esters is 3. The Morgan fingerprint density at radius 3 is 1.13 bits per heavy atom. The minimum Gasteiger partial charge on any atom is -0.456 e. The van der Waals surface area contributed by atoms with Crippen molar-refractivity contribution in [3.8, 4) is 0 Å². The van der Waals surface area contributed by atoms with Gasteiger partial charge in [0, 0.05) is 66.1 Å². The molecule has 422 valence electrons. The summed E-state index contributed by atoms with van der Waals surface area (Å²) in [5.41, 5.74) is 3.96. The smallest absolute Gasteiger partial charge is 0.338 e. The molecule has 0 spiro atoms. The third kappa shape index (κ3) is 13.9. The molecule has 79 heavy (non-hydrogen) atoms. The second-order valence-corrected chi connectivity index (χ2v) is 23.7. The SMILES string of the molecule is CC1=C(C(=O)OC(C)(C)C)C(c2cccc(Cl)c2Cl)n2nccc2N1.CC1=C(C(=O)OC(C)(C)C)C(c2cccc(Cl)c2Cl)n2nccc2N1C.CC1=C(C(=O)OC(C)(C)C)C(c2cccc(Cl)c2Cl)n2nccc2N1C.CI. The molecule has 6 aromatic rings. The van der Waals surface area contributed by atoms with Gasteiger partial charge in [0.05, 0.1) is 65.4 Å². The molecule has 0 radical (unpaired) electrons. The van der Waals surface area contributed by atoms with Gasteiger partial charge in [-0.25, -0.2) is 28.4 Å². The molecule has 0 fully saturated rings. The largest absolute Gasteiger partial charge is 0.456 e. The summed E-state index contributed by atoms with van der Waals surface area (Å²) in [6.07, 6.45) is 5.06. The number of carbonyl (C=O) groups excluding carboxylic acids is 3. The number of carbonyl (C=O) groups is 3. The number of aromatic nitrogens is 6. The van der Waals surface area contributed by atoms with Crippen molar-refractivity contribution in [3.05, 3.63) is 172 Å². The number of rotatable bonds is 6. The Bertz CT molecular complexity index is 3210. The predicted octanol–water partition coefficient (Wildman–Crippen LogP) is 15.6. The number of hydrogen-bond donors (Lipinski definition) is 1. The molecule has 1 N–H and O–H groups in total. The van der Waals surface area contributed by atoms with Crippen LogP contribution >= 0.6 is 92.2 Å². The molecule has 3 aromatic carbocycles. The molecule has 0 aliphatic carbocycles. The first-order chi connectivity index (χ1) is 36.9. The van der Waals surface area contributed by atoms with Crippen molar-refractivity contribution in [2.75, 3.05) is 34.1 Å². The number of allylic oxidation sites excluding steroid dienone is 3. The van der Waals surface area contributed by atoms with Crippen LogP contribution in [-0.2, 0) is 28.6 Å². The van der Waals surface area contributed by atoms with Gasteiger partial charge in [-0.05, 0) is 106 Å². The maximum Gasteiger partial charge on any atom is 0.338 e. The van der Waals surface area contributed by atoms with Crippen LogP contribution in [0, 0.1) is 0 Å². The molecule has 22 heteroatoms. The number of benzene rings is 3. The van der Waals surface area contributed by atoms with Gasteiger partial charge in [-0.3, -0.25) is 0 Å². The van der Waals surface area contributed by atoms with E-state index in [0.29, 0.717) is 69.2 Å². The van der Waals surface area contributed by atoms with Gasteiger partial charge in [0.25, 0.3) is 0 Å². The fraction of sp³-hybridized carbons (Fsp3) is 0.368. The van der Waals surface area contributed by atoms with E-state index < -0.39 is 52.8 Å². The summed E-state index contributed by atoms with van der Waals surface area (Å²) >= 11 is 40.2. The van der Waals surface area contributed by atoms with Crippen molar-refractivity contribution < 1.29 is 28.6 Å². The van der Waals surface area contributed by atoms with Gasteiger partial charge < -0.3 is 29.3 Å². The minimum atomic E-state index is -0.615. The zero-order chi connectivity index (χ0) is 58.8.